The maximum atomic E-state index is 13.6. The molecule has 3 rings (SSSR count). The van der Waals surface area contributed by atoms with Gasteiger partial charge in [0.15, 0.2) is 0 Å². The number of nitrogens with one attached hydrogen (secondary N) is 1. The molecule has 0 heterocycles. The molecule has 0 saturated heterocycles. The smallest absolute Gasteiger partial charge is 0.416 e. The summed E-state index contributed by atoms with van der Waals surface area (Å²) in [6, 6.07) is 7.95. The van der Waals surface area contributed by atoms with Crippen molar-refractivity contribution in [2.24, 2.45) is 0 Å². The van der Waals surface area contributed by atoms with Crippen molar-refractivity contribution < 1.29 is 49.4 Å². The van der Waals surface area contributed by atoms with Crippen LogP contribution < -0.4 is 10.1 Å². The Hall–Kier alpha value is -3.25. The minimum Gasteiger partial charge on any atom is -0.496 e. The highest BCUT2D eigenvalue weighted by atomic mass is 19.4. The highest BCUT2D eigenvalue weighted by Crippen LogP contribution is 2.40. The number of hydrogen-bond donors (Lipinski definition) is 2. The van der Waals surface area contributed by atoms with Crippen molar-refractivity contribution in [1.29, 1.82) is 0 Å². The molecule has 0 aliphatic rings. The van der Waals surface area contributed by atoms with Gasteiger partial charge in [-0.15, -0.1) is 0 Å². The van der Waals surface area contributed by atoms with Crippen LogP contribution in [0.5, 0.6) is 5.75 Å². The van der Waals surface area contributed by atoms with E-state index < -0.39 is 52.9 Å². The van der Waals surface area contributed by atoms with Gasteiger partial charge in [0.25, 0.3) is 0 Å². The number of hydrogen-bond acceptors (Lipinski definition) is 3. The Labute approximate surface area is 231 Å². The molecule has 0 bridgehead atoms. The molecule has 0 amide bonds. The first kappa shape index (κ1) is 32.3. The van der Waals surface area contributed by atoms with E-state index in [9.17, 15) is 44.6 Å². The number of ether oxygens (including phenoxy) is 1. The number of aliphatic hydroxyl groups is 1. The van der Waals surface area contributed by atoms with Crippen molar-refractivity contribution in [3.8, 4) is 16.9 Å². The Balaban J connectivity index is 2.01. The Morgan fingerprint density at radius 2 is 1.24 bits per heavy atom. The molecule has 0 aliphatic carbocycles. The molecule has 2 N–H and O–H groups in total. The Morgan fingerprint density at radius 3 is 1.73 bits per heavy atom. The van der Waals surface area contributed by atoms with Crippen LogP contribution in [0.4, 0.5) is 39.5 Å². The molecule has 0 aromatic heterocycles. The van der Waals surface area contributed by atoms with E-state index in [-0.39, 0.29) is 24.1 Å². The first-order valence-electron chi connectivity index (χ1n) is 12.4. The third kappa shape index (κ3) is 7.73. The van der Waals surface area contributed by atoms with E-state index >= 15 is 0 Å². The predicted octanol–water partition coefficient (Wildman–Crippen LogP) is 8.75. The summed E-state index contributed by atoms with van der Waals surface area (Å²) in [4.78, 5) is 0. The van der Waals surface area contributed by atoms with Crippen LogP contribution in [-0.2, 0) is 25.1 Å². The molecular weight excluding hydrogens is 565 g/mol. The number of alkyl halides is 9. The van der Waals surface area contributed by atoms with E-state index in [0.29, 0.717) is 29.0 Å². The summed E-state index contributed by atoms with van der Waals surface area (Å²) in [5, 5.41) is 13.5. The Bertz CT molecular complexity index is 1330. The molecule has 2 atom stereocenters. The van der Waals surface area contributed by atoms with E-state index in [4.69, 9.17) is 4.74 Å². The summed E-state index contributed by atoms with van der Waals surface area (Å²) in [7, 11) is 1.40. The van der Waals surface area contributed by atoms with Gasteiger partial charge in [-0.2, -0.15) is 39.5 Å². The van der Waals surface area contributed by atoms with Crippen molar-refractivity contribution in [3.05, 3.63) is 88.0 Å². The summed E-state index contributed by atoms with van der Waals surface area (Å²) < 4.78 is 126. The SMILES string of the molecule is COc1ccc(C(C)C)cc1-c1ccc(C(F)(F)F)cc1CNC(C)C(O)c1cc(C(F)(F)F)cc(C(F)(F)F)c1. The van der Waals surface area contributed by atoms with Crippen LogP contribution in [0.2, 0.25) is 0 Å². The topological polar surface area (TPSA) is 41.5 Å². The molecule has 0 fully saturated rings. The van der Waals surface area contributed by atoms with Crippen molar-refractivity contribution in [2.75, 3.05) is 7.11 Å². The maximum Gasteiger partial charge on any atom is 0.416 e. The average Bonchev–Trinajstić information content (AvgIpc) is 2.88. The quantitative estimate of drug-likeness (QED) is 0.257. The lowest BCUT2D eigenvalue weighted by atomic mass is 9.92. The van der Waals surface area contributed by atoms with Crippen LogP contribution in [0.15, 0.2) is 54.6 Å². The standard InChI is InChI=1S/C29H28F9NO2/c1-15(2)17-5-8-25(41-4)24(12-17)23-7-6-20(27(30,31)32)11-19(23)14-39-16(3)26(40)18-9-21(28(33,34)35)13-22(10-18)29(36,37)38/h5-13,15-16,26,39-40H,14H2,1-4H3. The molecule has 0 radical (unpaired) electrons. The summed E-state index contributed by atoms with van der Waals surface area (Å²) in [5.41, 5.74) is -2.93. The van der Waals surface area contributed by atoms with Crippen molar-refractivity contribution in [1.82, 2.24) is 5.32 Å². The molecule has 0 spiro atoms. The van der Waals surface area contributed by atoms with Gasteiger partial charge in [0.1, 0.15) is 5.75 Å². The van der Waals surface area contributed by atoms with Crippen LogP contribution in [0.3, 0.4) is 0 Å². The largest absolute Gasteiger partial charge is 0.496 e. The van der Waals surface area contributed by atoms with E-state index in [2.05, 4.69) is 5.32 Å². The van der Waals surface area contributed by atoms with E-state index in [1.54, 1.807) is 12.1 Å². The fourth-order valence-corrected chi connectivity index (χ4v) is 4.30. The zero-order chi connectivity index (χ0) is 30.9. The molecule has 2 unspecified atom stereocenters. The van der Waals surface area contributed by atoms with Gasteiger partial charge in [0.2, 0.25) is 0 Å². The fraction of sp³-hybridized carbons (Fsp3) is 0.379. The number of methoxy groups -OCH3 is 1. The van der Waals surface area contributed by atoms with Gasteiger partial charge in [-0.1, -0.05) is 26.0 Å². The fourth-order valence-electron chi connectivity index (χ4n) is 4.30. The highest BCUT2D eigenvalue weighted by molar-refractivity contribution is 5.74. The van der Waals surface area contributed by atoms with Crippen LogP contribution in [0, 0.1) is 0 Å². The van der Waals surface area contributed by atoms with Gasteiger partial charge in [-0.25, -0.2) is 0 Å². The minimum absolute atomic E-state index is 0.0537. The van der Waals surface area contributed by atoms with Crippen molar-refractivity contribution in [2.45, 2.75) is 63.9 Å². The zero-order valence-corrected chi connectivity index (χ0v) is 22.4. The van der Waals surface area contributed by atoms with E-state index in [0.717, 1.165) is 17.7 Å². The Kier molecular flexibility index (Phi) is 9.39. The normalized spacial score (nSPS) is 14.3. The van der Waals surface area contributed by atoms with Gasteiger partial charge in [0, 0.05) is 18.2 Å². The molecule has 3 aromatic carbocycles. The zero-order valence-electron chi connectivity index (χ0n) is 22.4. The molecular formula is C29H28F9NO2. The van der Waals surface area contributed by atoms with E-state index in [1.165, 1.54) is 20.1 Å². The number of aliphatic hydroxyl groups excluding tert-OH is 1. The lowest BCUT2D eigenvalue weighted by Gasteiger charge is -2.24. The first-order chi connectivity index (χ1) is 18.8. The average molecular weight is 594 g/mol. The molecule has 12 heteroatoms. The number of benzene rings is 3. The van der Waals surface area contributed by atoms with E-state index in [1.807, 2.05) is 19.9 Å². The molecule has 224 valence electrons. The summed E-state index contributed by atoms with van der Waals surface area (Å²) in [6.07, 6.45) is -16.8. The summed E-state index contributed by atoms with van der Waals surface area (Å²) in [5.74, 6) is 0.465. The predicted molar refractivity (Wildman–Crippen MR) is 135 cm³/mol. The second-order valence-corrected chi connectivity index (χ2v) is 9.94. The van der Waals surface area contributed by atoms with Crippen LogP contribution in [0.1, 0.15) is 66.2 Å². The lowest BCUT2D eigenvalue weighted by Crippen LogP contribution is -2.32. The summed E-state index contributed by atoms with van der Waals surface area (Å²) >= 11 is 0. The lowest BCUT2D eigenvalue weighted by molar-refractivity contribution is -0.143. The third-order valence-corrected chi connectivity index (χ3v) is 6.65. The second-order valence-electron chi connectivity index (χ2n) is 9.94. The monoisotopic (exact) mass is 593 g/mol. The molecule has 3 aromatic rings. The summed E-state index contributed by atoms with van der Waals surface area (Å²) in [6.45, 7) is 4.85. The van der Waals surface area contributed by atoms with Gasteiger partial charge < -0.3 is 15.2 Å². The van der Waals surface area contributed by atoms with Gasteiger partial charge >= 0.3 is 18.5 Å². The third-order valence-electron chi connectivity index (χ3n) is 6.65. The van der Waals surface area contributed by atoms with Gasteiger partial charge in [-0.05, 0) is 77.6 Å². The molecule has 0 aliphatic heterocycles. The maximum absolute atomic E-state index is 13.6. The van der Waals surface area contributed by atoms with Crippen LogP contribution in [0.25, 0.3) is 11.1 Å². The van der Waals surface area contributed by atoms with Crippen molar-refractivity contribution in [3.63, 3.8) is 0 Å². The molecule has 3 nitrogen and oxygen atoms in total. The first-order valence-corrected chi connectivity index (χ1v) is 12.4. The molecule has 0 saturated carbocycles. The van der Waals surface area contributed by atoms with Crippen molar-refractivity contribution >= 4 is 0 Å². The minimum atomic E-state index is -5.11. The number of rotatable bonds is 8. The van der Waals surface area contributed by atoms with Crippen LogP contribution in [-0.4, -0.2) is 18.3 Å². The van der Waals surface area contributed by atoms with Gasteiger partial charge in [-0.3, -0.25) is 0 Å². The Morgan fingerprint density at radius 1 is 0.683 bits per heavy atom. The molecule has 41 heavy (non-hydrogen) atoms. The number of halogens is 9. The van der Waals surface area contributed by atoms with Gasteiger partial charge in [0.05, 0.1) is 29.9 Å². The van der Waals surface area contributed by atoms with Crippen LogP contribution >= 0.6 is 0 Å². The highest BCUT2D eigenvalue weighted by Gasteiger charge is 2.38. The second kappa shape index (κ2) is 11.9.